The molecular formula is C25H25N5O3. The maximum absolute atomic E-state index is 12.5. The molecule has 0 unspecified atom stereocenters. The molecule has 0 aliphatic heterocycles. The van der Waals surface area contributed by atoms with Crippen LogP contribution in [0, 0.1) is 27.7 Å². The number of nitrogens with one attached hydrogen (secondary N) is 1. The van der Waals surface area contributed by atoms with Crippen molar-refractivity contribution < 1.29 is 5.11 Å². The number of aryl methyl sites for hydroxylation is 2. The highest BCUT2D eigenvalue weighted by Gasteiger charge is 2.17. The number of hydrogen-bond donors (Lipinski definition) is 2. The number of aromatic hydroxyl groups is 1. The Morgan fingerprint density at radius 1 is 1.03 bits per heavy atom. The van der Waals surface area contributed by atoms with Crippen molar-refractivity contribution in [2.24, 2.45) is 4.99 Å². The van der Waals surface area contributed by atoms with Gasteiger partial charge in [0.25, 0.3) is 5.56 Å². The molecule has 0 spiro atoms. The van der Waals surface area contributed by atoms with Gasteiger partial charge in [-0.1, -0.05) is 42.5 Å². The van der Waals surface area contributed by atoms with Gasteiger partial charge in [0.15, 0.2) is 0 Å². The summed E-state index contributed by atoms with van der Waals surface area (Å²) in [7, 11) is 0. The molecule has 0 aliphatic carbocycles. The van der Waals surface area contributed by atoms with E-state index in [1.54, 1.807) is 12.1 Å². The first-order valence-corrected chi connectivity index (χ1v) is 10.5. The Labute approximate surface area is 190 Å². The van der Waals surface area contributed by atoms with Crippen LogP contribution in [0.5, 0.6) is 5.88 Å². The summed E-state index contributed by atoms with van der Waals surface area (Å²) in [5, 5.41) is 15.4. The van der Waals surface area contributed by atoms with Crippen molar-refractivity contribution in [3.05, 3.63) is 103 Å². The molecule has 0 atom stereocenters. The SMILES string of the molecule is Cc1cccc(-n2c(O)c(C=Nc3c(C)nn(Cc4ccccc4)c3C)c(=O)[nH]c2=O)c1C. The van der Waals surface area contributed by atoms with Crippen molar-refractivity contribution in [2.75, 3.05) is 0 Å². The molecule has 2 heterocycles. The van der Waals surface area contributed by atoms with Crippen molar-refractivity contribution in [3.8, 4) is 11.6 Å². The Kier molecular flexibility index (Phi) is 5.83. The fourth-order valence-electron chi connectivity index (χ4n) is 3.77. The second-order valence-electron chi connectivity index (χ2n) is 7.97. The predicted molar refractivity (Wildman–Crippen MR) is 128 cm³/mol. The van der Waals surface area contributed by atoms with Gasteiger partial charge in [0, 0.05) is 6.21 Å². The number of rotatable bonds is 5. The van der Waals surface area contributed by atoms with E-state index in [2.05, 4.69) is 15.1 Å². The van der Waals surface area contributed by atoms with E-state index in [4.69, 9.17) is 0 Å². The van der Waals surface area contributed by atoms with Gasteiger partial charge in [-0.2, -0.15) is 5.10 Å². The average molecular weight is 444 g/mol. The van der Waals surface area contributed by atoms with Crippen LogP contribution in [0.2, 0.25) is 0 Å². The van der Waals surface area contributed by atoms with Gasteiger partial charge in [0.1, 0.15) is 11.3 Å². The van der Waals surface area contributed by atoms with Gasteiger partial charge in [-0.25, -0.2) is 9.36 Å². The highest BCUT2D eigenvalue weighted by Crippen LogP contribution is 2.25. The molecule has 8 nitrogen and oxygen atoms in total. The van der Waals surface area contributed by atoms with E-state index < -0.39 is 17.1 Å². The minimum atomic E-state index is -0.716. The van der Waals surface area contributed by atoms with Gasteiger partial charge >= 0.3 is 5.69 Å². The summed E-state index contributed by atoms with van der Waals surface area (Å²) in [6.45, 7) is 8.09. The fraction of sp³-hybridized carbons (Fsp3) is 0.200. The summed E-state index contributed by atoms with van der Waals surface area (Å²) in [5.41, 5.74) is 3.96. The highest BCUT2D eigenvalue weighted by molar-refractivity contribution is 5.84. The molecule has 8 heteroatoms. The first-order valence-electron chi connectivity index (χ1n) is 10.5. The topological polar surface area (TPSA) is 105 Å². The van der Waals surface area contributed by atoms with E-state index >= 15 is 0 Å². The van der Waals surface area contributed by atoms with Crippen LogP contribution in [0.4, 0.5) is 5.69 Å². The zero-order valence-corrected chi connectivity index (χ0v) is 19.0. The van der Waals surface area contributed by atoms with Crippen LogP contribution in [-0.4, -0.2) is 30.7 Å². The second-order valence-corrected chi connectivity index (χ2v) is 7.97. The molecule has 2 aromatic carbocycles. The summed E-state index contributed by atoms with van der Waals surface area (Å²) >= 11 is 0. The first-order chi connectivity index (χ1) is 15.8. The second kappa shape index (κ2) is 8.74. The molecule has 2 N–H and O–H groups in total. The number of aromatic amines is 1. The van der Waals surface area contributed by atoms with E-state index in [1.165, 1.54) is 6.21 Å². The van der Waals surface area contributed by atoms with Gasteiger partial charge in [-0.3, -0.25) is 19.5 Å². The van der Waals surface area contributed by atoms with E-state index in [0.29, 0.717) is 23.6 Å². The molecule has 33 heavy (non-hydrogen) atoms. The maximum Gasteiger partial charge on any atom is 0.335 e. The normalized spacial score (nSPS) is 11.4. The third-order valence-electron chi connectivity index (χ3n) is 5.78. The number of hydrogen-bond acceptors (Lipinski definition) is 5. The monoisotopic (exact) mass is 443 g/mol. The van der Waals surface area contributed by atoms with E-state index in [9.17, 15) is 14.7 Å². The minimum absolute atomic E-state index is 0.106. The lowest BCUT2D eigenvalue weighted by atomic mass is 10.1. The van der Waals surface area contributed by atoms with Crippen LogP contribution < -0.4 is 11.2 Å². The van der Waals surface area contributed by atoms with Crippen molar-refractivity contribution in [2.45, 2.75) is 34.2 Å². The third-order valence-corrected chi connectivity index (χ3v) is 5.78. The van der Waals surface area contributed by atoms with E-state index in [1.807, 2.05) is 68.8 Å². The lowest BCUT2D eigenvalue weighted by Gasteiger charge is -2.13. The summed E-state index contributed by atoms with van der Waals surface area (Å²) in [6, 6.07) is 15.4. The molecule has 0 bridgehead atoms. The van der Waals surface area contributed by atoms with Gasteiger partial charge in [0.2, 0.25) is 5.88 Å². The van der Waals surface area contributed by atoms with E-state index in [-0.39, 0.29) is 5.56 Å². The molecule has 0 saturated carbocycles. The Balaban J connectivity index is 1.76. The number of aliphatic imine (C=N–C) groups is 1. The predicted octanol–water partition coefficient (Wildman–Crippen LogP) is 3.46. The van der Waals surface area contributed by atoms with Crippen LogP contribution in [-0.2, 0) is 6.54 Å². The summed E-state index contributed by atoms with van der Waals surface area (Å²) < 4.78 is 2.93. The molecule has 0 fully saturated rings. The Morgan fingerprint density at radius 3 is 2.48 bits per heavy atom. The highest BCUT2D eigenvalue weighted by atomic mass is 16.3. The smallest absolute Gasteiger partial charge is 0.335 e. The molecule has 0 saturated heterocycles. The molecule has 0 amide bonds. The van der Waals surface area contributed by atoms with Crippen molar-refractivity contribution >= 4 is 11.9 Å². The van der Waals surface area contributed by atoms with Crippen molar-refractivity contribution in [1.82, 2.24) is 19.3 Å². The maximum atomic E-state index is 12.5. The van der Waals surface area contributed by atoms with Crippen LogP contribution >= 0.6 is 0 Å². The molecular weight excluding hydrogens is 418 g/mol. The van der Waals surface area contributed by atoms with Crippen molar-refractivity contribution in [3.63, 3.8) is 0 Å². The lowest BCUT2D eigenvalue weighted by molar-refractivity contribution is 0.430. The van der Waals surface area contributed by atoms with Gasteiger partial charge in [0.05, 0.1) is 23.6 Å². The third kappa shape index (κ3) is 4.15. The van der Waals surface area contributed by atoms with Gasteiger partial charge in [-0.05, 0) is 50.5 Å². The quantitative estimate of drug-likeness (QED) is 0.461. The minimum Gasteiger partial charge on any atom is -0.493 e. The van der Waals surface area contributed by atoms with Crippen LogP contribution in [0.25, 0.3) is 5.69 Å². The summed E-state index contributed by atoms with van der Waals surface area (Å²) in [4.78, 5) is 31.8. The largest absolute Gasteiger partial charge is 0.493 e. The van der Waals surface area contributed by atoms with Gasteiger partial charge < -0.3 is 5.11 Å². The van der Waals surface area contributed by atoms with Crippen molar-refractivity contribution in [1.29, 1.82) is 0 Å². The van der Waals surface area contributed by atoms with Crippen LogP contribution in [0.15, 0.2) is 63.1 Å². The molecule has 4 rings (SSSR count). The average Bonchev–Trinajstić information content (AvgIpc) is 3.04. The van der Waals surface area contributed by atoms with Crippen LogP contribution in [0.1, 0.15) is 33.6 Å². The first kappa shape index (κ1) is 22.0. The fourth-order valence-corrected chi connectivity index (χ4v) is 3.77. The molecule has 0 radical (unpaired) electrons. The van der Waals surface area contributed by atoms with Gasteiger partial charge in [-0.15, -0.1) is 0 Å². The Bertz CT molecular complexity index is 1480. The number of benzene rings is 2. The van der Waals surface area contributed by atoms with E-state index in [0.717, 1.165) is 27.0 Å². The molecule has 2 aromatic heterocycles. The number of H-pyrrole nitrogens is 1. The zero-order chi connectivity index (χ0) is 23.7. The number of nitrogens with zero attached hydrogens (tertiary/aromatic N) is 4. The molecule has 168 valence electrons. The zero-order valence-electron chi connectivity index (χ0n) is 19.0. The lowest BCUT2D eigenvalue weighted by Crippen LogP contribution is -2.31. The Hall–Kier alpha value is -4.20. The summed E-state index contributed by atoms with van der Waals surface area (Å²) in [6.07, 6.45) is 1.28. The molecule has 0 aliphatic rings. The number of aromatic nitrogens is 4. The van der Waals surface area contributed by atoms with Crippen LogP contribution in [0.3, 0.4) is 0 Å². The summed E-state index contributed by atoms with van der Waals surface area (Å²) in [5.74, 6) is -0.465. The molecule has 4 aromatic rings. The Morgan fingerprint density at radius 2 is 1.76 bits per heavy atom. The standard InChI is InChI=1S/C25H25N5O3/c1-15-9-8-12-21(16(15)2)30-24(32)20(23(31)27-25(30)33)13-26-22-17(3)28-29(18(22)4)14-19-10-6-5-7-11-19/h5-13,32H,14H2,1-4H3,(H,27,31,33).